The van der Waals surface area contributed by atoms with Crippen molar-refractivity contribution in [3.63, 3.8) is 0 Å². The van der Waals surface area contributed by atoms with E-state index < -0.39 is 20.5 Å². The van der Waals surface area contributed by atoms with Crippen molar-refractivity contribution in [3.05, 3.63) is 42.0 Å². The lowest BCUT2D eigenvalue weighted by molar-refractivity contribution is 0.272. The highest BCUT2D eigenvalue weighted by molar-refractivity contribution is 7.85. The zero-order valence-electron chi connectivity index (χ0n) is 10.6. The van der Waals surface area contributed by atoms with Gasteiger partial charge in [-0.1, -0.05) is 24.3 Å². The van der Waals surface area contributed by atoms with Gasteiger partial charge in [0.25, 0.3) is 10.1 Å². The maximum absolute atomic E-state index is 11.1. The first kappa shape index (κ1) is 15.9. The van der Waals surface area contributed by atoms with Crippen molar-refractivity contribution < 1.29 is 30.1 Å². The summed E-state index contributed by atoms with van der Waals surface area (Å²) in [6.45, 7) is -0.234. The molecule has 7 nitrogen and oxygen atoms in total. The molecule has 0 saturated heterocycles. The normalized spacial score (nSPS) is 12.7. The maximum Gasteiger partial charge on any atom is 0.397 e. The monoisotopic (exact) mass is 332 g/mol. The first-order valence-corrected chi connectivity index (χ1v) is 8.58. The molecule has 0 spiro atoms. The molecule has 2 rings (SSSR count). The Kier molecular flexibility index (Phi) is 4.30. The van der Waals surface area contributed by atoms with Crippen LogP contribution in [0.25, 0.3) is 10.8 Å². The summed E-state index contributed by atoms with van der Waals surface area (Å²) in [5.74, 6) is 0. The van der Waals surface area contributed by atoms with Gasteiger partial charge in [-0.3, -0.25) is 9.11 Å². The standard InChI is InChI=1S/C12H12O7S2/c13-20(14,15)12-4-3-10-2-1-9(7-11(10)8-12)5-6-19-21(16,17)18/h1-4,7-8H,5-6H2,(H,13,14,15)(H,16,17,18). The van der Waals surface area contributed by atoms with Gasteiger partial charge in [-0.25, -0.2) is 4.18 Å². The second kappa shape index (κ2) is 5.70. The second-order valence-electron chi connectivity index (χ2n) is 4.32. The summed E-state index contributed by atoms with van der Waals surface area (Å²) < 4.78 is 64.7. The van der Waals surface area contributed by atoms with E-state index in [0.717, 1.165) is 5.39 Å². The molecule has 0 atom stereocenters. The highest BCUT2D eigenvalue weighted by Crippen LogP contribution is 2.20. The van der Waals surface area contributed by atoms with Gasteiger partial charge in [-0.2, -0.15) is 16.8 Å². The zero-order valence-corrected chi connectivity index (χ0v) is 12.3. The van der Waals surface area contributed by atoms with E-state index in [1.807, 2.05) is 0 Å². The smallest absolute Gasteiger partial charge is 0.282 e. The van der Waals surface area contributed by atoms with E-state index in [9.17, 15) is 16.8 Å². The molecule has 0 radical (unpaired) electrons. The van der Waals surface area contributed by atoms with Gasteiger partial charge in [0.15, 0.2) is 0 Å². The second-order valence-corrected chi connectivity index (χ2v) is 6.83. The predicted octanol–water partition coefficient (Wildman–Crippen LogP) is 1.45. The van der Waals surface area contributed by atoms with E-state index in [0.29, 0.717) is 10.9 Å². The van der Waals surface area contributed by atoms with Crippen molar-refractivity contribution in [1.29, 1.82) is 0 Å². The number of rotatable bonds is 5. The Labute approximate surface area is 121 Å². The Bertz CT molecular complexity index is 870. The van der Waals surface area contributed by atoms with E-state index in [-0.39, 0.29) is 17.9 Å². The Morgan fingerprint density at radius 2 is 1.57 bits per heavy atom. The summed E-state index contributed by atoms with van der Waals surface area (Å²) in [5.41, 5.74) is 0.693. The van der Waals surface area contributed by atoms with Crippen LogP contribution in [0.2, 0.25) is 0 Å². The molecule has 114 valence electrons. The molecule has 0 unspecified atom stereocenters. The SMILES string of the molecule is O=S(=O)(O)OCCc1ccc2ccc(S(=O)(=O)O)cc2c1. The minimum atomic E-state index is -4.48. The molecule has 0 amide bonds. The lowest BCUT2D eigenvalue weighted by Crippen LogP contribution is -2.06. The summed E-state index contributed by atoms with van der Waals surface area (Å²) in [6, 6.07) is 9.26. The topological polar surface area (TPSA) is 118 Å². The summed E-state index contributed by atoms with van der Waals surface area (Å²) in [7, 11) is -8.76. The highest BCUT2D eigenvalue weighted by Gasteiger charge is 2.10. The lowest BCUT2D eigenvalue weighted by atomic mass is 10.1. The van der Waals surface area contributed by atoms with Gasteiger partial charge in [0.05, 0.1) is 11.5 Å². The molecule has 9 heteroatoms. The van der Waals surface area contributed by atoms with Crippen LogP contribution < -0.4 is 0 Å². The molecule has 2 aromatic rings. The fraction of sp³-hybridized carbons (Fsp3) is 0.167. The Morgan fingerprint density at radius 1 is 0.905 bits per heavy atom. The van der Waals surface area contributed by atoms with Crippen molar-refractivity contribution in [1.82, 2.24) is 0 Å². The zero-order chi connectivity index (χ0) is 15.7. The Balaban J connectivity index is 2.27. The van der Waals surface area contributed by atoms with Crippen molar-refractivity contribution in [2.45, 2.75) is 11.3 Å². The van der Waals surface area contributed by atoms with Crippen molar-refractivity contribution >= 4 is 31.3 Å². The first-order chi connectivity index (χ1) is 9.65. The molecule has 0 heterocycles. The van der Waals surface area contributed by atoms with Crippen molar-refractivity contribution in [3.8, 4) is 0 Å². The Hall–Kier alpha value is -1.52. The van der Waals surface area contributed by atoms with E-state index >= 15 is 0 Å². The van der Waals surface area contributed by atoms with Gasteiger partial charge >= 0.3 is 10.4 Å². The summed E-state index contributed by atoms with van der Waals surface area (Å²) >= 11 is 0. The molecule has 21 heavy (non-hydrogen) atoms. The lowest BCUT2D eigenvalue weighted by Gasteiger charge is -2.05. The molecular weight excluding hydrogens is 320 g/mol. The average Bonchev–Trinajstić information content (AvgIpc) is 2.35. The minimum absolute atomic E-state index is 0.214. The van der Waals surface area contributed by atoms with Crippen LogP contribution in [0.15, 0.2) is 41.3 Å². The molecule has 0 fully saturated rings. The van der Waals surface area contributed by atoms with Gasteiger partial charge in [-0.15, -0.1) is 0 Å². The molecule has 2 aromatic carbocycles. The molecule has 0 aliphatic rings. The third kappa shape index (κ3) is 4.48. The fourth-order valence-corrected chi connectivity index (χ4v) is 2.66. The van der Waals surface area contributed by atoms with Gasteiger partial charge in [0, 0.05) is 0 Å². The molecule has 0 aliphatic carbocycles. The van der Waals surface area contributed by atoms with E-state index in [2.05, 4.69) is 4.18 Å². The van der Waals surface area contributed by atoms with Gasteiger partial charge in [0.1, 0.15) is 0 Å². The summed E-state index contributed by atoms with van der Waals surface area (Å²) in [4.78, 5) is -0.221. The number of fused-ring (bicyclic) bond motifs is 1. The quantitative estimate of drug-likeness (QED) is 0.795. The molecule has 0 aromatic heterocycles. The molecule has 0 saturated carbocycles. The Morgan fingerprint density at radius 3 is 2.19 bits per heavy atom. The fourth-order valence-electron chi connectivity index (χ4n) is 1.86. The summed E-state index contributed by atoms with van der Waals surface area (Å²) in [6.07, 6.45) is 0.214. The predicted molar refractivity (Wildman–Crippen MR) is 75.0 cm³/mol. The number of hydrogen-bond donors (Lipinski definition) is 2. The van der Waals surface area contributed by atoms with Crippen LogP contribution in [0, 0.1) is 0 Å². The van der Waals surface area contributed by atoms with Crippen LogP contribution >= 0.6 is 0 Å². The van der Waals surface area contributed by atoms with Crippen molar-refractivity contribution in [2.24, 2.45) is 0 Å². The van der Waals surface area contributed by atoms with Crippen molar-refractivity contribution in [2.75, 3.05) is 6.61 Å². The van der Waals surface area contributed by atoms with Crippen LogP contribution in [-0.4, -0.2) is 32.5 Å². The average molecular weight is 332 g/mol. The number of hydrogen-bond acceptors (Lipinski definition) is 5. The van der Waals surface area contributed by atoms with Crippen LogP contribution in [0.4, 0.5) is 0 Å². The van der Waals surface area contributed by atoms with Gasteiger partial charge < -0.3 is 0 Å². The third-order valence-corrected chi connectivity index (χ3v) is 4.11. The minimum Gasteiger partial charge on any atom is -0.282 e. The highest BCUT2D eigenvalue weighted by atomic mass is 32.3. The summed E-state index contributed by atoms with van der Waals surface area (Å²) in [5, 5.41) is 1.34. The van der Waals surface area contributed by atoms with E-state index in [4.69, 9.17) is 9.11 Å². The van der Waals surface area contributed by atoms with Crippen LogP contribution in [0.5, 0.6) is 0 Å². The molecular formula is C12H12O7S2. The van der Waals surface area contributed by atoms with Gasteiger partial charge in [-0.05, 0) is 34.9 Å². The van der Waals surface area contributed by atoms with Crippen LogP contribution in [0.1, 0.15) is 5.56 Å². The molecule has 0 bridgehead atoms. The van der Waals surface area contributed by atoms with E-state index in [1.165, 1.54) is 12.1 Å². The van der Waals surface area contributed by atoms with E-state index in [1.54, 1.807) is 24.3 Å². The third-order valence-electron chi connectivity index (χ3n) is 2.80. The molecule has 0 aliphatic heterocycles. The maximum atomic E-state index is 11.1. The number of benzene rings is 2. The van der Waals surface area contributed by atoms with Crippen LogP contribution in [0.3, 0.4) is 0 Å². The molecule has 2 N–H and O–H groups in total. The van der Waals surface area contributed by atoms with Crippen LogP contribution in [-0.2, 0) is 31.1 Å². The first-order valence-electron chi connectivity index (χ1n) is 5.77. The largest absolute Gasteiger partial charge is 0.397 e. The van der Waals surface area contributed by atoms with Gasteiger partial charge in [0.2, 0.25) is 0 Å².